The van der Waals surface area contributed by atoms with Crippen molar-refractivity contribution < 1.29 is 23.3 Å². The van der Waals surface area contributed by atoms with E-state index in [0.29, 0.717) is 0 Å². The number of rotatable bonds is 3. The molecule has 28 heavy (non-hydrogen) atoms. The topological polar surface area (TPSA) is 0 Å². The number of benzene rings is 2. The normalized spacial score (nSPS) is 11.8. The Morgan fingerprint density at radius 1 is 1.00 bits per heavy atom. The third-order valence-corrected chi connectivity index (χ3v) is 5.00. The van der Waals surface area contributed by atoms with Crippen molar-refractivity contribution >= 4 is 37.3 Å². The van der Waals surface area contributed by atoms with Crippen molar-refractivity contribution in [2.45, 2.75) is 39.5 Å². The van der Waals surface area contributed by atoms with Crippen LogP contribution >= 0.6 is 24.8 Å². The number of hydrogen-bond donors (Lipinski definition) is 0. The van der Waals surface area contributed by atoms with E-state index >= 15 is 0 Å². The second kappa shape index (κ2) is 13.8. The average molecular weight is 510 g/mol. The first-order valence-electron chi connectivity index (χ1n) is 8.73. The minimum atomic E-state index is 0. The molecule has 2 aromatic carbocycles. The van der Waals surface area contributed by atoms with Gasteiger partial charge >= 0.3 is 30.2 Å². The van der Waals surface area contributed by atoms with Crippen molar-refractivity contribution in [1.29, 1.82) is 0 Å². The Hall–Kier alpha value is -0.400. The van der Waals surface area contributed by atoms with Gasteiger partial charge in [-0.3, -0.25) is 0 Å². The standard InChI is InChI=1S/C22H21.2CH3.2ClH.H2Si.Zr/c1-3-18-19(4-2)22-17(13-16-11-7-8-12-20(16)22)14-21(18)15-9-5-6-10-15;;;;;;/h5-9,11-12H,3-4,10,13H2,1-2H3;2*1H3;2*1H;1H2;/q3*-1;;;;. The SMILES string of the molecule is CCc1c(C2=CC=CC2)[c-]c2c(c1CC)-c1ccccc1C2.Cl.Cl.[CH3-].[CH3-].[SiH2]=[Zr]. The number of fused-ring (bicyclic) bond motifs is 3. The summed E-state index contributed by atoms with van der Waals surface area (Å²) in [6, 6.07) is 12.7. The summed E-state index contributed by atoms with van der Waals surface area (Å²) < 4.78 is 0. The molecular formula is C24H31Cl2SiZr-3. The van der Waals surface area contributed by atoms with Crippen LogP contribution in [0.25, 0.3) is 16.7 Å². The van der Waals surface area contributed by atoms with Gasteiger partial charge in [0.25, 0.3) is 0 Å². The van der Waals surface area contributed by atoms with E-state index in [1.807, 2.05) is 6.88 Å². The van der Waals surface area contributed by atoms with Gasteiger partial charge in [0.1, 0.15) is 0 Å². The van der Waals surface area contributed by atoms with Crippen molar-refractivity contribution in [3.05, 3.63) is 91.2 Å². The van der Waals surface area contributed by atoms with Crippen LogP contribution in [0.4, 0.5) is 0 Å². The summed E-state index contributed by atoms with van der Waals surface area (Å²) in [6.07, 6.45) is 11.0. The van der Waals surface area contributed by atoms with Gasteiger partial charge in [-0.05, 0) is 24.8 Å². The van der Waals surface area contributed by atoms with E-state index in [1.54, 1.807) is 28.9 Å². The Kier molecular flexibility index (Phi) is 14.6. The molecule has 0 spiro atoms. The van der Waals surface area contributed by atoms with Crippen LogP contribution in [0.2, 0.25) is 0 Å². The first-order valence-corrected chi connectivity index (χ1v) is 14.6. The fourth-order valence-corrected chi connectivity index (χ4v) is 4.03. The Balaban J connectivity index is 0. The molecule has 2 aromatic rings. The van der Waals surface area contributed by atoms with Gasteiger partial charge in [-0.1, -0.05) is 67.8 Å². The Labute approximate surface area is 201 Å². The van der Waals surface area contributed by atoms with E-state index in [0.717, 1.165) is 25.7 Å². The van der Waals surface area contributed by atoms with Gasteiger partial charge in [-0.2, -0.15) is 0 Å². The van der Waals surface area contributed by atoms with E-state index in [9.17, 15) is 0 Å². The van der Waals surface area contributed by atoms with Crippen molar-refractivity contribution in [3.63, 3.8) is 0 Å². The molecule has 0 unspecified atom stereocenters. The molecule has 152 valence electrons. The molecule has 4 heteroatoms. The molecule has 0 N–H and O–H groups in total. The van der Waals surface area contributed by atoms with Gasteiger partial charge in [0.2, 0.25) is 0 Å². The molecule has 0 fully saturated rings. The molecule has 0 saturated heterocycles. The van der Waals surface area contributed by atoms with Crippen molar-refractivity contribution in [2.75, 3.05) is 0 Å². The molecule has 0 atom stereocenters. The molecule has 0 bridgehead atoms. The summed E-state index contributed by atoms with van der Waals surface area (Å²) >= 11 is 1.58. The Bertz CT molecular complexity index is 841. The summed E-state index contributed by atoms with van der Waals surface area (Å²) in [4.78, 5) is 0. The van der Waals surface area contributed by atoms with E-state index in [1.165, 1.54) is 39.0 Å². The predicted molar refractivity (Wildman–Crippen MR) is 130 cm³/mol. The monoisotopic (exact) mass is 507 g/mol. The van der Waals surface area contributed by atoms with Gasteiger partial charge in [-0.25, -0.2) is 0 Å². The van der Waals surface area contributed by atoms with Gasteiger partial charge in [0.05, 0.1) is 0 Å². The second-order valence-corrected chi connectivity index (χ2v) is 6.18. The van der Waals surface area contributed by atoms with Crippen LogP contribution in [-0.4, -0.2) is 6.88 Å². The molecule has 0 radical (unpaired) electrons. The quantitative estimate of drug-likeness (QED) is 0.285. The summed E-state index contributed by atoms with van der Waals surface area (Å²) in [5, 5.41) is 0. The molecule has 0 heterocycles. The summed E-state index contributed by atoms with van der Waals surface area (Å²) in [6.45, 7) is 6.52. The molecule has 2 aliphatic rings. The van der Waals surface area contributed by atoms with E-state index in [2.05, 4.69) is 62.4 Å². The fourth-order valence-electron chi connectivity index (χ4n) is 4.03. The van der Waals surface area contributed by atoms with Gasteiger partial charge in [0.15, 0.2) is 0 Å². The fraction of sp³-hybridized carbons (Fsp3) is 0.250. The summed E-state index contributed by atoms with van der Waals surface area (Å²) in [5.74, 6) is 0. The van der Waals surface area contributed by atoms with Gasteiger partial charge in [0, 0.05) is 0 Å². The molecular weight excluding hydrogens is 478 g/mol. The third-order valence-electron chi connectivity index (χ3n) is 5.00. The van der Waals surface area contributed by atoms with Crippen LogP contribution in [0, 0.1) is 20.9 Å². The van der Waals surface area contributed by atoms with Crippen LogP contribution in [0.5, 0.6) is 0 Å². The van der Waals surface area contributed by atoms with Crippen molar-refractivity contribution in [3.8, 4) is 11.1 Å². The van der Waals surface area contributed by atoms with Crippen molar-refractivity contribution in [2.24, 2.45) is 0 Å². The molecule has 2 aliphatic carbocycles. The maximum absolute atomic E-state index is 3.80. The minimum absolute atomic E-state index is 0. The van der Waals surface area contributed by atoms with E-state index in [4.69, 9.17) is 0 Å². The molecule has 0 amide bonds. The number of hydrogen-bond acceptors (Lipinski definition) is 0. The molecule has 4 rings (SSSR count). The molecule has 0 aliphatic heterocycles. The van der Waals surface area contributed by atoms with Crippen LogP contribution in [0.15, 0.2) is 42.5 Å². The number of allylic oxidation sites excluding steroid dienone is 4. The second-order valence-electron chi connectivity index (χ2n) is 6.18. The van der Waals surface area contributed by atoms with Crippen LogP contribution < -0.4 is 0 Å². The average Bonchev–Trinajstić information content (AvgIpc) is 3.29. The molecule has 0 nitrogen and oxygen atoms in total. The Morgan fingerprint density at radius 2 is 1.64 bits per heavy atom. The maximum atomic E-state index is 3.80. The van der Waals surface area contributed by atoms with Crippen LogP contribution in [-0.2, 0) is 42.6 Å². The van der Waals surface area contributed by atoms with E-state index in [-0.39, 0.29) is 39.7 Å². The van der Waals surface area contributed by atoms with Gasteiger partial charge < -0.3 is 14.9 Å². The van der Waals surface area contributed by atoms with Gasteiger partial charge in [-0.15, -0.1) is 64.8 Å². The van der Waals surface area contributed by atoms with E-state index < -0.39 is 0 Å². The zero-order valence-electron chi connectivity index (χ0n) is 17.4. The molecule has 0 saturated carbocycles. The van der Waals surface area contributed by atoms with Crippen LogP contribution in [0.3, 0.4) is 0 Å². The zero-order valence-corrected chi connectivity index (χ0v) is 22.9. The number of halogens is 2. The van der Waals surface area contributed by atoms with Crippen LogP contribution in [0.1, 0.15) is 48.1 Å². The third kappa shape index (κ3) is 5.39. The first-order chi connectivity index (χ1) is 11.8. The summed E-state index contributed by atoms with van der Waals surface area (Å²) in [7, 11) is 0. The Morgan fingerprint density at radius 3 is 2.21 bits per heavy atom. The zero-order chi connectivity index (χ0) is 17.1. The first kappa shape index (κ1) is 29.8. The predicted octanol–water partition coefficient (Wildman–Crippen LogP) is 6.35. The summed E-state index contributed by atoms with van der Waals surface area (Å²) in [5.41, 5.74) is 11.6. The molecule has 0 aromatic heterocycles. The van der Waals surface area contributed by atoms with Crippen molar-refractivity contribution in [1.82, 2.24) is 0 Å².